The third kappa shape index (κ3) is 5.70. The second-order valence-corrected chi connectivity index (χ2v) is 6.64. The normalized spacial score (nSPS) is 10.6. The van der Waals surface area contributed by atoms with Gasteiger partial charge in [-0.3, -0.25) is 9.59 Å². The van der Waals surface area contributed by atoms with Gasteiger partial charge in [0, 0.05) is 24.4 Å². The molecule has 156 valence electrons. The molecule has 0 bridgehead atoms. The first-order valence-electron chi connectivity index (χ1n) is 9.81. The van der Waals surface area contributed by atoms with E-state index in [0.717, 1.165) is 12.2 Å². The van der Waals surface area contributed by atoms with Crippen LogP contribution in [0.1, 0.15) is 36.5 Å². The minimum absolute atomic E-state index is 0.0564. The summed E-state index contributed by atoms with van der Waals surface area (Å²) in [5.41, 5.74) is -0.554. The molecule has 2 aromatic carbocycles. The summed E-state index contributed by atoms with van der Waals surface area (Å²) in [5, 5.41) is 3.21. The Morgan fingerprint density at radius 1 is 1.03 bits per heavy atom. The van der Waals surface area contributed by atoms with E-state index in [1.165, 1.54) is 12.1 Å². The summed E-state index contributed by atoms with van der Waals surface area (Å²) < 4.78 is 16.1. The van der Waals surface area contributed by atoms with Gasteiger partial charge in [0.05, 0.1) is 6.61 Å². The molecule has 0 aliphatic heterocycles. The Kier molecular flexibility index (Phi) is 7.21. The van der Waals surface area contributed by atoms with E-state index in [0.29, 0.717) is 25.0 Å². The first-order chi connectivity index (χ1) is 14.6. The molecule has 0 saturated heterocycles. The second-order valence-electron chi connectivity index (χ2n) is 6.64. The Morgan fingerprint density at radius 3 is 2.60 bits per heavy atom. The van der Waals surface area contributed by atoms with Gasteiger partial charge >= 0.3 is 11.6 Å². The summed E-state index contributed by atoms with van der Waals surface area (Å²) in [4.78, 5) is 36.2. The van der Waals surface area contributed by atoms with Crippen LogP contribution in [0.3, 0.4) is 0 Å². The van der Waals surface area contributed by atoms with E-state index in [4.69, 9.17) is 13.9 Å². The van der Waals surface area contributed by atoms with Gasteiger partial charge in [-0.05, 0) is 43.2 Å². The fourth-order valence-electron chi connectivity index (χ4n) is 2.75. The summed E-state index contributed by atoms with van der Waals surface area (Å²) in [5.74, 6) is 0.130. The van der Waals surface area contributed by atoms with Crippen LogP contribution in [0.5, 0.6) is 11.5 Å². The van der Waals surface area contributed by atoms with Crippen LogP contribution >= 0.6 is 0 Å². The van der Waals surface area contributed by atoms with E-state index in [-0.39, 0.29) is 23.3 Å². The van der Waals surface area contributed by atoms with Gasteiger partial charge in [0.25, 0.3) is 5.91 Å². The molecule has 0 fully saturated rings. The molecule has 3 rings (SSSR count). The molecule has 0 unspecified atom stereocenters. The van der Waals surface area contributed by atoms with E-state index in [2.05, 4.69) is 5.32 Å². The largest absolute Gasteiger partial charge is 0.494 e. The number of hydrogen-bond donors (Lipinski definition) is 1. The first kappa shape index (κ1) is 21.1. The Bertz CT molecular complexity index is 1070. The van der Waals surface area contributed by atoms with E-state index >= 15 is 0 Å². The highest BCUT2D eigenvalue weighted by Crippen LogP contribution is 2.21. The molecule has 0 radical (unpaired) electrons. The van der Waals surface area contributed by atoms with Crippen molar-refractivity contribution in [2.75, 3.05) is 13.2 Å². The Labute approximate surface area is 173 Å². The number of fused-ring (bicyclic) bond motifs is 1. The van der Waals surface area contributed by atoms with Gasteiger partial charge in [0.15, 0.2) is 0 Å². The van der Waals surface area contributed by atoms with E-state index in [1.54, 1.807) is 12.1 Å². The minimum atomic E-state index is -0.738. The minimum Gasteiger partial charge on any atom is -0.494 e. The van der Waals surface area contributed by atoms with Crippen molar-refractivity contribution < 1.29 is 23.5 Å². The van der Waals surface area contributed by atoms with Crippen molar-refractivity contribution in [1.29, 1.82) is 0 Å². The summed E-state index contributed by atoms with van der Waals surface area (Å²) >= 11 is 0. The molecule has 7 heteroatoms. The van der Waals surface area contributed by atoms with Crippen LogP contribution in [0.25, 0.3) is 11.0 Å². The maximum Gasteiger partial charge on any atom is 0.349 e. The molecule has 0 aliphatic carbocycles. The predicted octanol–water partition coefficient (Wildman–Crippen LogP) is 3.70. The number of esters is 1. The summed E-state index contributed by atoms with van der Waals surface area (Å²) in [7, 11) is 0. The van der Waals surface area contributed by atoms with Gasteiger partial charge in [0.2, 0.25) is 0 Å². The molecular weight excluding hydrogens is 386 g/mol. The van der Waals surface area contributed by atoms with E-state index in [9.17, 15) is 14.4 Å². The molecule has 3 aromatic rings. The molecule has 1 N–H and O–H groups in total. The number of ether oxygens (including phenoxy) is 2. The third-order valence-electron chi connectivity index (χ3n) is 4.26. The lowest BCUT2D eigenvalue weighted by Gasteiger charge is -2.07. The first-order valence-corrected chi connectivity index (χ1v) is 9.81. The van der Waals surface area contributed by atoms with Crippen molar-refractivity contribution >= 4 is 22.8 Å². The average Bonchev–Trinajstić information content (AvgIpc) is 2.75. The number of amides is 1. The maximum atomic E-state index is 12.1. The van der Waals surface area contributed by atoms with Crippen LogP contribution in [0.2, 0.25) is 0 Å². The summed E-state index contributed by atoms with van der Waals surface area (Å²) in [6.07, 6.45) is 1.45. The van der Waals surface area contributed by atoms with E-state index < -0.39 is 17.5 Å². The second kappa shape index (κ2) is 10.2. The molecule has 0 aliphatic rings. The van der Waals surface area contributed by atoms with Gasteiger partial charge < -0.3 is 19.2 Å². The summed E-state index contributed by atoms with van der Waals surface area (Å²) in [6, 6.07) is 15.5. The van der Waals surface area contributed by atoms with Crippen LogP contribution in [-0.2, 0) is 4.79 Å². The van der Waals surface area contributed by atoms with Crippen LogP contribution in [0, 0.1) is 0 Å². The van der Waals surface area contributed by atoms with Gasteiger partial charge in [-0.15, -0.1) is 0 Å². The molecule has 1 aromatic heterocycles. The molecule has 1 heterocycles. The average molecular weight is 409 g/mol. The zero-order chi connectivity index (χ0) is 21.3. The van der Waals surface area contributed by atoms with Crippen molar-refractivity contribution in [3.05, 3.63) is 70.6 Å². The van der Waals surface area contributed by atoms with Gasteiger partial charge in [-0.25, -0.2) is 4.79 Å². The number of nitrogens with one attached hydrogen (secondary N) is 1. The lowest BCUT2D eigenvalue weighted by atomic mass is 10.1. The quantitative estimate of drug-likeness (QED) is 0.251. The van der Waals surface area contributed by atoms with Gasteiger partial charge in [-0.1, -0.05) is 25.1 Å². The Hall–Kier alpha value is -3.61. The van der Waals surface area contributed by atoms with Gasteiger partial charge in [-0.2, -0.15) is 0 Å². The molecule has 30 heavy (non-hydrogen) atoms. The van der Waals surface area contributed by atoms with Crippen molar-refractivity contribution in [2.24, 2.45) is 0 Å². The smallest absolute Gasteiger partial charge is 0.349 e. The molecule has 0 atom stereocenters. The number of carbonyl (C=O) groups is 2. The Morgan fingerprint density at radius 2 is 1.83 bits per heavy atom. The van der Waals surface area contributed by atoms with Crippen molar-refractivity contribution in [2.45, 2.75) is 26.2 Å². The molecule has 1 amide bonds. The number of rotatable bonds is 9. The molecule has 0 spiro atoms. The number of hydrogen-bond acceptors (Lipinski definition) is 6. The molecular formula is C23H23NO6. The fraction of sp³-hybridized carbons (Fsp3) is 0.261. The van der Waals surface area contributed by atoms with Crippen molar-refractivity contribution in [3.63, 3.8) is 0 Å². The monoisotopic (exact) mass is 409 g/mol. The predicted molar refractivity (Wildman–Crippen MR) is 112 cm³/mol. The standard InChI is InChI=1S/C23H23NO6/c1-2-12-24-22(26)19-14-16-10-11-18(15-20(16)30-23(19)27)29-21(25)9-6-13-28-17-7-4-3-5-8-17/h3-5,7-8,10-11,14-15H,2,6,9,12-13H2,1H3,(H,24,26). The van der Waals surface area contributed by atoms with Crippen LogP contribution in [-0.4, -0.2) is 25.0 Å². The van der Waals surface area contributed by atoms with Crippen LogP contribution < -0.4 is 20.4 Å². The summed E-state index contributed by atoms with van der Waals surface area (Å²) in [6.45, 7) is 2.79. The number of para-hydroxylation sites is 1. The lowest BCUT2D eigenvalue weighted by molar-refractivity contribution is -0.134. The van der Waals surface area contributed by atoms with Crippen LogP contribution in [0.15, 0.2) is 63.8 Å². The molecule has 0 saturated carbocycles. The highest BCUT2D eigenvalue weighted by atomic mass is 16.5. The van der Waals surface area contributed by atoms with Crippen molar-refractivity contribution in [3.8, 4) is 11.5 Å². The number of benzene rings is 2. The maximum absolute atomic E-state index is 12.1. The Balaban J connectivity index is 1.57. The van der Waals surface area contributed by atoms with Crippen molar-refractivity contribution in [1.82, 2.24) is 5.32 Å². The van der Waals surface area contributed by atoms with Gasteiger partial charge in [0.1, 0.15) is 22.6 Å². The van der Waals surface area contributed by atoms with E-state index in [1.807, 2.05) is 37.3 Å². The zero-order valence-electron chi connectivity index (χ0n) is 16.7. The topological polar surface area (TPSA) is 94.8 Å². The molecule has 7 nitrogen and oxygen atoms in total. The van der Waals surface area contributed by atoms with Crippen LogP contribution in [0.4, 0.5) is 0 Å². The highest BCUT2D eigenvalue weighted by molar-refractivity contribution is 5.96. The SMILES string of the molecule is CCCNC(=O)c1cc2ccc(OC(=O)CCCOc3ccccc3)cc2oc1=O. The third-order valence-corrected chi connectivity index (χ3v) is 4.26. The lowest BCUT2D eigenvalue weighted by Crippen LogP contribution is -2.28. The zero-order valence-corrected chi connectivity index (χ0v) is 16.7. The highest BCUT2D eigenvalue weighted by Gasteiger charge is 2.14. The fourth-order valence-corrected chi connectivity index (χ4v) is 2.75. The number of carbonyl (C=O) groups excluding carboxylic acids is 2.